The monoisotopic (exact) mass is 371 g/mol. The molecule has 6 heteroatoms. The third-order valence-corrected chi connectivity index (χ3v) is 5.93. The predicted molar refractivity (Wildman–Crippen MR) is 98.8 cm³/mol. The molecule has 1 aliphatic heterocycles. The summed E-state index contributed by atoms with van der Waals surface area (Å²) in [6.45, 7) is 5.04. The molecular formula is C21H26FN3O2. The minimum Gasteiger partial charge on any atom is -0.425 e. The van der Waals surface area contributed by atoms with Gasteiger partial charge in [0.25, 0.3) is 0 Å². The van der Waals surface area contributed by atoms with E-state index in [9.17, 15) is 9.18 Å². The number of likely N-dealkylation sites (tertiary alicyclic amines) is 1. The predicted octanol–water partition coefficient (Wildman–Crippen LogP) is 4.12. The van der Waals surface area contributed by atoms with Gasteiger partial charge in [0.15, 0.2) is 0 Å². The Balaban J connectivity index is 1.38. The van der Waals surface area contributed by atoms with Crippen LogP contribution >= 0.6 is 0 Å². The molecule has 2 aromatic rings. The van der Waals surface area contributed by atoms with Crippen LogP contribution in [0, 0.1) is 25.6 Å². The minimum absolute atomic E-state index is 0.182. The molecule has 1 aromatic heterocycles. The quantitative estimate of drug-likeness (QED) is 0.793. The van der Waals surface area contributed by atoms with Crippen LogP contribution in [0.5, 0.6) is 0 Å². The van der Waals surface area contributed by atoms with Crippen LogP contribution in [0.2, 0.25) is 0 Å². The Kier molecular flexibility index (Phi) is 4.98. The van der Waals surface area contributed by atoms with Crippen LogP contribution in [0.15, 0.2) is 22.6 Å². The van der Waals surface area contributed by atoms with E-state index in [1.807, 2.05) is 17.0 Å². The van der Waals surface area contributed by atoms with Gasteiger partial charge < -0.3 is 9.32 Å². The van der Waals surface area contributed by atoms with Gasteiger partial charge in [0.1, 0.15) is 5.82 Å². The van der Waals surface area contributed by atoms with E-state index < -0.39 is 0 Å². The number of nitrogens with zero attached hydrogens (tertiary/aromatic N) is 3. The van der Waals surface area contributed by atoms with Crippen LogP contribution in [0.3, 0.4) is 0 Å². The second kappa shape index (κ2) is 7.41. The summed E-state index contributed by atoms with van der Waals surface area (Å²) < 4.78 is 19.2. The number of halogens is 1. The summed E-state index contributed by atoms with van der Waals surface area (Å²) >= 11 is 0. The lowest BCUT2D eigenvalue weighted by Crippen LogP contribution is -2.38. The van der Waals surface area contributed by atoms with E-state index in [0.717, 1.165) is 44.3 Å². The van der Waals surface area contributed by atoms with Gasteiger partial charge >= 0.3 is 0 Å². The second-order valence-corrected chi connectivity index (χ2v) is 7.97. The summed E-state index contributed by atoms with van der Waals surface area (Å²) in [5.74, 6) is 2.30. The van der Waals surface area contributed by atoms with Crippen LogP contribution in [0.1, 0.15) is 66.8 Å². The van der Waals surface area contributed by atoms with Gasteiger partial charge in [0, 0.05) is 32.4 Å². The van der Waals surface area contributed by atoms with Crippen molar-refractivity contribution in [3.05, 3.63) is 46.9 Å². The molecule has 1 amide bonds. The Morgan fingerprint density at radius 2 is 1.96 bits per heavy atom. The molecule has 0 spiro atoms. The summed E-state index contributed by atoms with van der Waals surface area (Å²) in [6, 6.07) is 5.29. The van der Waals surface area contributed by atoms with Crippen molar-refractivity contribution in [3.8, 4) is 0 Å². The maximum atomic E-state index is 13.6. The first kappa shape index (κ1) is 18.1. The number of carbonyl (C=O) groups excluding carboxylic acids is 1. The van der Waals surface area contributed by atoms with E-state index >= 15 is 0 Å². The zero-order valence-corrected chi connectivity index (χ0v) is 15.9. The van der Waals surface area contributed by atoms with Gasteiger partial charge in [-0.3, -0.25) is 4.79 Å². The van der Waals surface area contributed by atoms with Crippen molar-refractivity contribution in [2.75, 3.05) is 13.1 Å². The molecule has 0 N–H and O–H groups in total. The summed E-state index contributed by atoms with van der Waals surface area (Å²) in [5, 5.41) is 8.03. The van der Waals surface area contributed by atoms with Gasteiger partial charge in [-0.15, -0.1) is 10.2 Å². The number of rotatable bonds is 5. The average molecular weight is 371 g/mol. The summed E-state index contributed by atoms with van der Waals surface area (Å²) in [4.78, 5) is 14.9. The van der Waals surface area contributed by atoms with Gasteiger partial charge in [-0.25, -0.2) is 4.39 Å². The topological polar surface area (TPSA) is 59.2 Å². The maximum absolute atomic E-state index is 13.6. The van der Waals surface area contributed by atoms with Crippen molar-refractivity contribution in [2.24, 2.45) is 5.92 Å². The van der Waals surface area contributed by atoms with E-state index in [2.05, 4.69) is 10.2 Å². The second-order valence-electron chi connectivity index (χ2n) is 7.97. The Morgan fingerprint density at radius 3 is 2.56 bits per heavy atom. The number of hydrogen-bond donors (Lipinski definition) is 0. The number of carbonyl (C=O) groups is 1. The highest BCUT2D eigenvalue weighted by Gasteiger charge is 2.36. The average Bonchev–Trinajstić information content (AvgIpc) is 3.42. The molecule has 0 bridgehead atoms. The van der Waals surface area contributed by atoms with Gasteiger partial charge in [-0.1, -0.05) is 12.1 Å². The van der Waals surface area contributed by atoms with E-state index in [4.69, 9.17) is 4.42 Å². The van der Waals surface area contributed by atoms with Crippen molar-refractivity contribution in [1.82, 2.24) is 15.1 Å². The van der Waals surface area contributed by atoms with Gasteiger partial charge in [-0.05, 0) is 61.6 Å². The molecule has 1 atom stereocenters. The SMILES string of the molecule is Cc1nnc(C2CCN(C(=O)CC(c3ccc(F)c(C)c3)C3CC3)CC2)o1. The zero-order chi connectivity index (χ0) is 19.0. The third-order valence-electron chi connectivity index (χ3n) is 5.93. The van der Waals surface area contributed by atoms with Crippen molar-refractivity contribution in [2.45, 2.75) is 57.8 Å². The molecule has 2 aliphatic rings. The molecule has 1 aliphatic carbocycles. The van der Waals surface area contributed by atoms with E-state index in [1.165, 1.54) is 6.07 Å². The van der Waals surface area contributed by atoms with Gasteiger partial charge in [-0.2, -0.15) is 0 Å². The molecule has 1 saturated carbocycles. The molecule has 1 aromatic carbocycles. The Morgan fingerprint density at radius 1 is 1.22 bits per heavy atom. The molecule has 144 valence electrons. The fraction of sp³-hybridized carbons (Fsp3) is 0.571. The first-order valence-electron chi connectivity index (χ1n) is 9.85. The highest BCUT2D eigenvalue weighted by atomic mass is 19.1. The molecule has 2 heterocycles. The van der Waals surface area contributed by atoms with Crippen molar-refractivity contribution < 1.29 is 13.6 Å². The Labute approximate surface area is 159 Å². The van der Waals surface area contributed by atoms with Crippen molar-refractivity contribution in [3.63, 3.8) is 0 Å². The smallest absolute Gasteiger partial charge is 0.223 e. The molecular weight excluding hydrogens is 345 g/mol. The molecule has 4 rings (SSSR count). The van der Waals surface area contributed by atoms with Crippen LogP contribution in [-0.4, -0.2) is 34.1 Å². The number of aryl methyl sites for hydroxylation is 2. The fourth-order valence-electron chi connectivity index (χ4n) is 4.12. The van der Waals surface area contributed by atoms with Crippen molar-refractivity contribution >= 4 is 5.91 Å². The standard InChI is InChI=1S/C21H26FN3O2/c1-13-11-17(5-6-19(13)22)18(15-3-4-15)12-20(26)25-9-7-16(8-10-25)21-24-23-14(2)27-21/h5-6,11,15-16,18H,3-4,7-10,12H2,1-2H3. The van der Waals surface area contributed by atoms with Gasteiger partial charge in [0.2, 0.25) is 17.7 Å². The minimum atomic E-state index is -0.182. The fourth-order valence-corrected chi connectivity index (χ4v) is 4.12. The Hall–Kier alpha value is -2.24. The normalized spacial score (nSPS) is 19.3. The first-order chi connectivity index (χ1) is 13.0. The lowest BCUT2D eigenvalue weighted by Gasteiger charge is -2.31. The molecule has 27 heavy (non-hydrogen) atoms. The zero-order valence-electron chi connectivity index (χ0n) is 15.9. The van der Waals surface area contributed by atoms with E-state index in [1.54, 1.807) is 13.8 Å². The molecule has 1 unspecified atom stereocenters. The van der Waals surface area contributed by atoms with E-state index in [0.29, 0.717) is 29.7 Å². The number of benzene rings is 1. The molecule has 1 saturated heterocycles. The van der Waals surface area contributed by atoms with Crippen LogP contribution < -0.4 is 0 Å². The summed E-state index contributed by atoms with van der Waals surface area (Å²) in [5.41, 5.74) is 1.75. The molecule has 5 nitrogen and oxygen atoms in total. The Bertz CT molecular complexity index is 823. The van der Waals surface area contributed by atoms with Crippen LogP contribution in [0.25, 0.3) is 0 Å². The summed E-state index contributed by atoms with van der Waals surface area (Å²) in [6.07, 6.45) is 4.55. The number of piperidine rings is 1. The third kappa shape index (κ3) is 4.04. The van der Waals surface area contributed by atoms with E-state index in [-0.39, 0.29) is 23.6 Å². The van der Waals surface area contributed by atoms with Gasteiger partial charge in [0.05, 0.1) is 0 Å². The lowest BCUT2D eigenvalue weighted by atomic mass is 9.89. The first-order valence-corrected chi connectivity index (χ1v) is 9.85. The maximum Gasteiger partial charge on any atom is 0.223 e. The number of hydrogen-bond acceptors (Lipinski definition) is 4. The largest absolute Gasteiger partial charge is 0.425 e. The summed E-state index contributed by atoms with van der Waals surface area (Å²) in [7, 11) is 0. The number of aromatic nitrogens is 2. The lowest BCUT2D eigenvalue weighted by molar-refractivity contribution is -0.132. The van der Waals surface area contributed by atoms with Crippen LogP contribution in [0.4, 0.5) is 4.39 Å². The molecule has 2 fully saturated rings. The highest BCUT2D eigenvalue weighted by Crippen LogP contribution is 2.45. The van der Waals surface area contributed by atoms with Crippen molar-refractivity contribution in [1.29, 1.82) is 0 Å². The highest BCUT2D eigenvalue weighted by molar-refractivity contribution is 5.77. The number of amides is 1. The molecule has 0 radical (unpaired) electrons. The van der Waals surface area contributed by atoms with Crippen LogP contribution in [-0.2, 0) is 4.79 Å².